The molecule has 0 saturated carbocycles. The number of unbranched alkanes of at least 4 members (excludes halogenated alkanes) is 1. The predicted octanol–water partition coefficient (Wildman–Crippen LogP) is 0.956. The van der Waals surface area contributed by atoms with Gasteiger partial charge in [-0.05, 0) is 26.3 Å². The van der Waals surface area contributed by atoms with Gasteiger partial charge in [-0.15, -0.1) is 0 Å². The van der Waals surface area contributed by atoms with Crippen LogP contribution >= 0.6 is 0 Å². The molecule has 0 unspecified atom stereocenters. The zero-order valence-corrected chi connectivity index (χ0v) is 9.17. The molecule has 0 bridgehead atoms. The van der Waals surface area contributed by atoms with Crippen molar-refractivity contribution in [3.63, 3.8) is 0 Å². The van der Waals surface area contributed by atoms with Crippen molar-refractivity contribution in [2.45, 2.75) is 26.2 Å². The van der Waals surface area contributed by atoms with Crippen molar-refractivity contribution in [2.24, 2.45) is 0 Å². The van der Waals surface area contributed by atoms with E-state index in [0.29, 0.717) is 19.6 Å². The number of carbonyl (C=O) groups is 1. The molecule has 0 aromatic rings. The molecule has 0 aromatic carbocycles. The molecule has 0 aromatic heterocycles. The lowest BCUT2D eigenvalue weighted by Crippen LogP contribution is -2.20. The maximum absolute atomic E-state index is 10.9. The van der Waals surface area contributed by atoms with Crippen molar-refractivity contribution < 1.29 is 14.3 Å². The summed E-state index contributed by atoms with van der Waals surface area (Å²) < 4.78 is 9.70. The molecule has 0 heterocycles. The summed E-state index contributed by atoms with van der Waals surface area (Å²) in [6, 6.07) is 0. The fraction of sp³-hybridized carbons (Fsp3) is 0.900. The van der Waals surface area contributed by atoms with Crippen LogP contribution in [0.15, 0.2) is 0 Å². The number of hydrogen-bond acceptors (Lipinski definition) is 4. The summed E-state index contributed by atoms with van der Waals surface area (Å²) in [5, 5.41) is 3.18. The molecule has 14 heavy (non-hydrogen) atoms. The summed E-state index contributed by atoms with van der Waals surface area (Å²) in [6.07, 6.45) is 2.59. The lowest BCUT2D eigenvalue weighted by molar-refractivity contribution is -0.142. The van der Waals surface area contributed by atoms with Gasteiger partial charge in [-0.2, -0.15) is 0 Å². The van der Waals surface area contributed by atoms with Crippen molar-refractivity contribution in [1.29, 1.82) is 0 Å². The van der Waals surface area contributed by atoms with E-state index in [-0.39, 0.29) is 5.97 Å². The lowest BCUT2D eigenvalue weighted by Gasteiger charge is -2.04. The third-order valence-electron chi connectivity index (χ3n) is 1.76. The average molecular weight is 203 g/mol. The van der Waals surface area contributed by atoms with E-state index in [1.807, 2.05) is 6.92 Å². The maximum atomic E-state index is 10.9. The second-order valence-electron chi connectivity index (χ2n) is 3.00. The molecule has 0 aliphatic carbocycles. The van der Waals surface area contributed by atoms with E-state index in [1.54, 1.807) is 7.11 Å². The SMILES string of the molecule is CCOC(=O)CCNCCCCOC. The van der Waals surface area contributed by atoms with E-state index in [1.165, 1.54) is 0 Å². The molecule has 0 fully saturated rings. The zero-order valence-electron chi connectivity index (χ0n) is 9.17. The lowest BCUT2D eigenvalue weighted by atomic mass is 10.3. The number of ether oxygens (including phenoxy) is 2. The van der Waals surface area contributed by atoms with E-state index in [4.69, 9.17) is 9.47 Å². The number of esters is 1. The Morgan fingerprint density at radius 2 is 2.07 bits per heavy atom. The summed E-state index contributed by atoms with van der Waals surface area (Å²) in [5.74, 6) is -0.128. The third kappa shape index (κ3) is 9.48. The Labute approximate surface area is 86.0 Å². The minimum absolute atomic E-state index is 0.128. The Kier molecular flexibility index (Phi) is 10.0. The molecule has 0 rings (SSSR count). The minimum Gasteiger partial charge on any atom is -0.466 e. The first-order valence-electron chi connectivity index (χ1n) is 5.16. The normalized spacial score (nSPS) is 10.1. The van der Waals surface area contributed by atoms with Gasteiger partial charge in [0.25, 0.3) is 0 Å². The van der Waals surface area contributed by atoms with Gasteiger partial charge in [0, 0.05) is 20.3 Å². The van der Waals surface area contributed by atoms with Crippen molar-refractivity contribution >= 4 is 5.97 Å². The molecule has 0 atom stereocenters. The van der Waals surface area contributed by atoms with Gasteiger partial charge < -0.3 is 14.8 Å². The van der Waals surface area contributed by atoms with E-state index in [2.05, 4.69) is 5.32 Å². The van der Waals surface area contributed by atoms with Gasteiger partial charge >= 0.3 is 5.97 Å². The molecule has 0 radical (unpaired) electrons. The van der Waals surface area contributed by atoms with E-state index >= 15 is 0 Å². The summed E-state index contributed by atoms with van der Waals surface area (Å²) in [7, 11) is 1.70. The molecule has 1 N–H and O–H groups in total. The highest BCUT2D eigenvalue weighted by atomic mass is 16.5. The van der Waals surface area contributed by atoms with E-state index in [0.717, 1.165) is 26.0 Å². The maximum Gasteiger partial charge on any atom is 0.307 e. The van der Waals surface area contributed by atoms with Gasteiger partial charge in [0.2, 0.25) is 0 Å². The summed E-state index contributed by atoms with van der Waals surface area (Å²) in [6.45, 7) is 4.72. The average Bonchev–Trinajstić information content (AvgIpc) is 2.17. The predicted molar refractivity (Wildman–Crippen MR) is 55.2 cm³/mol. The van der Waals surface area contributed by atoms with Crippen molar-refractivity contribution in [1.82, 2.24) is 5.32 Å². The smallest absolute Gasteiger partial charge is 0.307 e. The van der Waals surface area contributed by atoms with Crippen LogP contribution in [0.5, 0.6) is 0 Å². The monoisotopic (exact) mass is 203 g/mol. The quantitative estimate of drug-likeness (QED) is 0.448. The Morgan fingerprint density at radius 1 is 1.29 bits per heavy atom. The second-order valence-corrected chi connectivity index (χ2v) is 3.00. The third-order valence-corrected chi connectivity index (χ3v) is 1.76. The van der Waals surface area contributed by atoms with Crippen molar-refractivity contribution in [3.05, 3.63) is 0 Å². The van der Waals surface area contributed by atoms with Crippen LogP contribution in [0.4, 0.5) is 0 Å². The van der Waals surface area contributed by atoms with Crippen LogP contribution in [0, 0.1) is 0 Å². The first-order chi connectivity index (χ1) is 6.81. The summed E-state index contributed by atoms with van der Waals surface area (Å²) in [5.41, 5.74) is 0. The number of rotatable bonds is 9. The summed E-state index contributed by atoms with van der Waals surface area (Å²) in [4.78, 5) is 10.9. The van der Waals surface area contributed by atoms with E-state index < -0.39 is 0 Å². The number of carbonyl (C=O) groups excluding carboxylic acids is 1. The standard InChI is InChI=1S/C10H21NO3/c1-3-14-10(12)6-8-11-7-4-5-9-13-2/h11H,3-9H2,1-2H3. The first-order valence-corrected chi connectivity index (χ1v) is 5.16. The Bertz CT molecular complexity index is 139. The van der Waals surface area contributed by atoms with Gasteiger partial charge in [-0.3, -0.25) is 4.79 Å². The summed E-state index contributed by atoms with van der Waals surface area (Å²) >= 11 is 0. The first kappa shape index (κ1) is 13.4. The highest BCUT2D eigenvalue weighted by Crippen LogP contribution is 1.88. The van der Waals surface area contributed by atoms with Crippen LogP contribution in [0.2, 0.25) is 0 Å². The Morgan fingerprint density at radius 3 is 2.71 bits per heavy atom. The van der Waals surface area contributed by atoms with Crippen LogP contribution in [0.1, 0.15) is 26.2 Å². The molecular formula is C10H21NO3. The molecule has 4 nitrogen and oxygen atoms in total. The fourth-order valence-corrected chi connectivity index (χ4v) is 1.05. The van der Waals surface area contributed by atoms with Crippen LogP contribution in [0.3, 0.4) is 0 Å². The largest absolute Gasteiger partial charge is 0.466 e. The van der Waals surface area contributed by atoms with Crippen molar-refractivity contribution in [2.75, 3.05) is 33.4 Å². The van der Waals surface area contributed by atoms with Crippen LogP contribution < -0.4 is 5.32 Å². The molecular weight excluding hydrogens is 182 g/mol. The van der Waals surface area contributed by atoms with Gasteiger partial charge in [-0.1, -0.05) is 0 Å². The van der Waals surface area contributed by atoms with Crippen molar-refractivity contribution in [3.8, 4) is 0 Å². The molecule has 0 aliphatic heterocycles. The van der Waals surface area contributed by atoms with Crippen LogP contribution in [-0.4, -0.2) is 39.4 Å². The van der Waals surface area contributed by atoms with Crippen LogP contribution in [0.25, 0.3) is 0 Å². The van der Waals surface area contributed by atoms with Gasteiger partial charge in [0.1, 0.15) is 0 Å². The highest BCUT2D eigenvalue weighted by molar-refractivity contribution is 5.69. The highest BCUT2D eigenvalue weighted by Gasteiger charge is 1.99. The van der Waals surface area contributed by atoms with Gasteiger partial charge in [-0.25, -0.2) is 0 Å². The second kappa shape index (κ2) is 10.5. The van der Waals surface area contributed by atoms with Gasteiger partial charge in [0.05, 0.1) is 13.0 Å². The molecule has 0 amide bonds. The topological polar surface area (TPSA) is 47.6 Å². The fourth-order valence-electron chi connectivity index (χ4n) is 1.05. The number of methoxy groups -OCH3 is 1. The Hall–Kier alpha value is -0.610. The van der Waals surface area contributed by atoms with E-state index in [9.17, 15) is 4.79 Å². The van der Waals surface area contributed by atoms with Crippen LogP contribution in [-0.2, 0) is 14.3 Å². The molecule has 0 saturated heterocycles. The molecule has 4 heteroatoms. The number of hydrogen-bond donors (Lipinski definition) is 1. The minimum atomic E-state index is -0.128. The number of nitrogens with one attached hydrogen (secondary N) is 1. The Balaban J connectivity index is 3.01. The molecule has 84 valence electrons. The molecule has 0 aliphatic rings. The molecule has 0 spiro atoms. The van der Waals surface area contributed by atoms with Gasteiger partial charge in [0.15, 0.2) is 0 Å². The zero-order chi connectivity index (χ0) is 10.6.